The van der Waals surface area contributed by atoms with E-state index in [4.69, 9.17) is 0 Å². The predicted octanol–water partition coefficient (Wildman–Crippen LogP) is 4.56. The third-order valence-corrected chi connectivity index (χ3v) is 4.43. The normalized spacial score (nSPS) is 18.8. The minimum atomic E-state index is -0.459. The highest BCUT2D eigenvalue weighted by Gasteiger charge is 2.33. The minimum absolute atomic E-state index is 0.103. The van der Waals surface area contributed by atoms with Crippen molar-refractivity contribution < 1.29 is 8.78 Å². The molecule has 0 saturated heterocycles. The molecule has 1 fully saturated rings. The second-order valence-electron chi connectivity index (χ2n) is 6.03. The monoisotopic (exact) mass is 281 g/mol. The first-order valence-electron chi connectivity index (χ1n) is 7.83. The van der Waals surface area contributed by atoms with Crippen LogP contribution in [0.1, 0.15) is 57.4 Å². The third-order valence-electron chi connectivity index (χ3n) is 4.43. The lowest BCUT2D eigenvalue weighted by Crippen LogP contribution is -2.38. The molecule has 0 aromatic heterocycles. The Labute approximate surface area is 120 Å². The zero-order valence-electron chi connectivity index (χ0n) is 12.4. The molecule has 3 heteroatoms. The summed E-state index contributed by atoms with van der Waals surface area (Å²) < 4.78 is 27.2. The van der Waals surface area contributed by atoms with Crippen LogP contribution in [0.3, 0.4) is 0 Å². The van der Waals surface area contributed by atoms with Crippen LogP contribution in [-0.2, 0) is 5.41 Å². The van der Waals surface area contributed by atoms with E-state index in [9.17, 15) is 8.78 Å². The zero-order valence-corrected chi connectivity index (χ0v) is 12.4. The molecule has 0 heterocycles. The Bertz CT molecular complexity index is 403. The van der Waals surface area contributed by atoms with Gasteiger partial charge in [0.1, 0.15) is 11.6 Å². The molecule has 112 valence electrons. The van der Waals surface area contributed by atoms with E-state index in [0.29, 0.717) is 0 Å². The van der Waals surface area contributed by atoms with Gasteiger partial charge in [-0.3, -0.25) is 0 Å². The van der Waals surface area contributed by atoms with Crippen LogP contribution in [-0.4, -0.2) is 13.1 Å². The summed E-state index contributed by atoms with van der Waals surface area (Å²) >= 11 is 0. The van der Waals surface area contributed by atoms with Crippen molar-refractivity contribution in [1.82, 2.24) is 5.32 Å². The average molecular weight is 281 g/mol. The van der Waals surface area contributed by atoms with Gasteiger partial charge in [0.15, 0.2) is 0 Å². The van der Waals surface area contributed by atoms with Crippen LogP contribution in [0.25, 0.3) is 0 Å². The van der Waals surface area contributed by atoms with E-state index in [2.05, 4.69) is 12.2 Å². The van der Waals surface area contributed by atoms with Gasteiger partial charge in [0.2, 0.25) is 0 Å². The Morgan fingerprint density at radius 1 is 1.00 bits per heavy atom. The van der Waals surface area contributed by atoms with Crippen molar-refractivity contribution in [3.05, 3.63) is 35.4 Å². The molecule has 0 atom stereocenters. The first kappa shape index (κ1) is 15.4. The van der Waals surface area contributed by atoms with Crippen molar-refractivity contribution in [3.8, 4) is 0 Å². The molecule has 0 aliphatic heterocycles. The molecule has 1 aromatic carbocycles. The molecule has 20 heavy (non-hydrogen) atoms. The fourth-order valence-corrected chi connectivity index (χ4v) is 3.34. The SMILES string of the molecule is CCCNCC1(c2cc(F)cc(F)c2)CCCCCC1. The first-order chi connectivity index (χ1) is 9.66. The van der Waals surface area contributed by atoms with Gasteiger partial charge in [0.05, 0.1) is 0 Å². The van der Waals surface area contributed by atoms with E-state index in [0.717, 1.165) is 56.8 Å². The van der Waals surface area contributed by atoms with Crippen molar-refractivity contribution >= 4 is 0 Å². The predicted molar refractivity (Wildman–Crippen MR) is 78.9 cm³/mol. The molecule has 0 radical (unpaired) electrons. The van der Waals surface area contributed by atoms with Crippen LogP contribution in [0.15, 0.2) is 18.2 Å². The Morgan fingerprint density at radius 3 is 2.15 bits per heavy atom. The molecule has 1 aromatic rings. The summed E-state index contributed by atoms with van der Waals surface area (Å²) in [5.41, 5.74) is 0.731. The molecular formula is C17H25F2N. The molecule has 1 aliphatic rings. The number of benzene rings is 1. The Morgan fingerprint density at radius 2 is 1.60 bits per heavy atom. The van der Waals surface area contributed by atoms with E-state index in [-0.39, 0.29) is 5.41 Å². The summed E-state index contributed by atoms with van der Waals surface area (Å²) in [6.45, 7) is 3.91. The molecule has 0 spiro atoms. The highest BCUT2D eigenvalue weighted by Crippen LogP contribution is 2.38. The fraction of sp³-hybridized carbons (Fsp3) is 0.647. The summed E-state index contributed by atoms with van der Waals surface area (Å²) in [5.74, 6) is -0.918. The summed E-state index contributed by atoms with van der Waals surface area (Å²) in [7, 11) is 0. The number of rotatable bonds is 5. The van der Waals surface area contributed by atoms with Crippen LogP contribution in [0.5, 0.6) is 0 Å². The second kappa shape index (κ2) is 7.16. The zero-order chi connectivity index (χ0) is 14.4. The molecule has 0 unspecified atom stereocenters. The minimum Gasteiger partial charge on any atom is -0.316 e. The molecule has 1 aliphatic carbocycles. The Balaban J connectivity index is 2.28. The van der Waals surface area contributed by atoms with E-state index < -0.39 is 11.6 Å². The van der Waals surface area contributed by atoms with Crippen molar-refractivity contribution in [2.24, 2.45) is 0 Å². The van der Waals surface area contributed by atoms with Crippen molar-refractivity contribution in [2.75, 3.05) is 13.1 Å². The van der Waals surface area contributed by atoms with Crippen LogP contribution in [0.2, 0.25) is 0 Å². The number of hydrogen-bond acceptors (Lipinski definition) is 1. The molecule has 2 rings (SSSR count). The van der Waals surface area contributed by atoms with Gasteiger partial charge in [0, 0.05) is 18.0 Å². The van der Waals surface area contributed by atoms with Gasteiger partial charge in [-0.2, -0.15) is 0 Å². The smallest absolute Gasteiger partial charge is 0.126 e. The summed E-state index contributed by atoms with van der Waals surface area (Å²) in [4.78, 5) is 0. The van der Waals surface area contributed by atoms with Crippen LogP contribution in [0.4, 0.5) is 8.78 Å². The quantitative estimate of drug-likeness (QED) is 0.616. The van der Waals surface area contributed by atoms with Crippen LogP contribution >= 0.6 is 0 Å². The third kappa shape index (κ3) is 3.78. The lowest BCUT2D eigenvalue weighted by atomic mass is 9.74. The topological polar surface area (TPSA) is 12.0 Å². The van der Waals surface area contributed by atoms with Crippen LogP contribution < -0.4 is 5.32 Å². The average Bonchev–Trinajstić information content (AvgIpc) is 2.64. The van der Waals surface area contributed by atoms with Gasteiger partial charge < -0.3 is 5.32 Å². The molecule has 1 saturated carbocycles. The molecule has 0 bridgehead atoms. The largest absolute Gasteiger partial charge is 0.316 e. The van der Waals surface area contributed by atoms with Gasteiger partial charge in [-0.15, -0.1) is 0 Å². The van der Waals surface area contributed by atoms with Gasteiger partial charge in [0.25, 0.3) is 0 Å². The maximum atomic E-state index is 13.6. The van der Waals surface area contributed by atoms with Crippen molar-refractivity contribution in [2.45, 2.75) is 57.3 Å². The van der Waals surface area contributed by atoms with Crippen molar-refractivity contribution in [1.29, 1.82) is 0 Å². The van der Waals surface area contributed by atoms with Gasteiger partial charge in [-0.25, -0.2) is 8.78 Å². The van der Waals surface area contributed by atoms with Crippen LogP contribution in [0, 0.1) is 11.6 Å². The molecular weight excluding hydrogens is 256 g/mol. The highest BCUT2D eigenvalue weighted by atomic mass is 19.1. The second-order valence-corrected chi connectivity index (χ2v) is 6.03. The van der Waals surface area contributed by atoms with E-state index in [1.165, 1.54) is 25.0 Å². The first-order valence-corrected chi connectivity index (χ1v) is 7.83. The van der Waals surface area contributed by atoms with Gasteiger partial charge >= 0.3 is 0 Å². The Hall–Kier alpha value is -0.960. The van der Waals surface area contributed by atoms with Gasteiger partial charge in [-0.05, 0) is 43.5 Å². The fourth-order valence-electron chi connectivity index (χ4n) is 3.34. The standard InChI is InChI=1S/C17H25F2N/c1-2-9-20-13-17(7-5-3-4-6-8-17)14-10-15(18)12-16(19)11-14/h10-12,20H,2-9,13H2,1H3. The summed E-state index contributed by atoms with van der Waals surface area (Å²) in [6.07, 6.45) is 7.87. The summed E-state index contributed by atoms with van der Waals surface area (Å²) in [5, 5.41) is 3.47. The molecule has 0 amide bonds. The number of halogens is 2. The van der Waals surface area contributed by atoms with Crippen molar-refractivity contribution in [3.63, 3.8) is 0 Å². The maximum absolute atomic E-state index is 13.6. The van der Waals surface area contributed by atoms with Gasteiger partial charge in [-0.1, -0.05) is 32.6 Å². The van der Waals surface area contributed by atoms with E-state index >= 15 is 0 Å². The number of hydrogen-bond donors (Lipinski definition) is 1. The highest BCUT2D eigenvalue weighted by molar-refractivity contribution is 5.28. The summed E-state index contributed by atoms with van der Waals surface area (Å²) in [6, 6.07) is 4.03. The molecule has 1 N–H and O–H groups in total. The lowest BCUT2D eigenvalue weighted by Gasteiger charge is -2.34. The Kier molecular flexibility index (Phi) is 5.53. The van der Waals surface area contributed by atoms with E-state index in [1.807, 2.05) is 0 Å². The molecule has 1 nitrogen and oxygen atoms in total. The number of nitrogens with one attached hydrogen (secondary N) is 1. The maximum Gasteiger partial charge on any atom is 0.126 e. The lowest BCUT2D eigenvalue weighted by molar-refractivity contribution is 0.345. The van der Waals surface area contributed by atoms with E-state index in [1.54, 1.807) is 0 Å².